The molecule has 2 aromatic rings. The van der Waals surface area contributed by atoms with Crippen molar-refractivity contribution in [2.24, 2.45) is 5.92 Å². The highest BCUT2D eigenvalue weighted by Crippen LogP contribution is 2.27. The van der Waals surface area contributed by atoms with Gasteiger partial charge in [0.25, 0.3) is 5.91 Å². The molecule has 8 heteroatoms. The summed E-state index contributed by atoms with van der Waals surface area (Å²) in [6.45, 7) is 2.36. The minimum Gasteiger partial charge on any atom is -0.447 e. The first-order valence-corrected chi connectivity index (χ1v) is 11.7. The standard InChI is InChI=1S/C23H28N2O5S/c1-17-9-11-20(12-10-17)31(28,29)25-15-13-19(14-16-25)23(27)30-21(22(26)24(2)3)18-7-5-4-6-8-18/h4-12,19,21H,13-16H2,1-3H3. The van der Waals surface area contributed by atoms with Crippen molar-refractivity contribution in [3.8, 4) is 0 Å². The van der Waals surface area contributed by atoms with Gasteiger partial charge in [0.2, 0.25) is 16.1 Å². The second-order valence-electron chi connectivity index (χ2n) is 7.95. The number of carbonyl (C=O) groups excluding carboxylic acids is 2. The van der Waals surface area contributed by atoms with Gasteiger partial charge in [-0.25, -0.2) is 8.42 Å². The van der Waals surface area contributed by atoms with Gasteiger partial charge in [-0.2, -0.15) is 4.31 Å². The van der Waals surface area contributed by atoms with Crippen LogP contribution in [0.4, 0.5) is 0 Å². The summed E-state index contributed by atoms with van der Waals surface area (Å²) in [6.07, 6.45) is -0.318. The van der Waals surface area contributed by atoms with Crippen LogP contribution in [0.15, 0.2) is 59.5 Å². The van der Waals surface area contributed by atoms with E-state index in [0.29, 0.717) is 18.4 Å². The summed E-state index contributed by atoms with van der Waals surface area (Å²) < 4.78 is 32.7. The molecular weight excluding hydrogens is 416 g/mol. The maximum atomic E-state index is 12.9. The van der Waals surface area contributed by atoms with Gasteiger partial charge in [0.15, 0.2) is 0 Å². The van der Waals surface area contributed by atoms with Crippen molar-refractivity contribution in [2.45, 2.75) is 30.8 Å². The lowest BCUT2D eigenvalue weighted by Gasteiger charge is -2.31. The number of likely N-dealkylation sites (N-methyl/N-ethyl adjacent to an activating group) is 1. The van der Waals surface area contributed by atoms with Gasteiger partial charge in [-0.3, -0.25) is 9.59 Å². The molecule has 0 bridgehead atoms. The highest BCUT2D eigenvalue weighted by Gasteiger charge is 2.35. The molecule has 166 valence electrons. The highest BCUT2D eigenvalue weighted by molar-refractivity contribution is 7.89. The quantitative estimate of drug-likeness (QED) is 0.640. The Labute approximate surface area is 183 Å². The highest BCUT2D eigenvalue weighted by atomic mass is 32.2. The lowest BCUT2D eigenvalue weighted by Crippen LogP contribution is -2.41. The molecule has 3 rings (SSSR count). The fourth-order valence-corrected chi connectivity index (χ4v) is 5.00. The van der Waals surface area contributed by atoms with Crippen molar-refractivity contribution in [3.63, 3.8) is 0 Å². The smallest absolute Gasteiger partial charge is 0.310 e. The van der Waals surface area contributed by atoms with Crippen molar-refractivity contribution in [3.05, 3.63) is 65.7 Å². The van der Waals surface area contributed by atoms with Crippen LogP contribution >= 0.6 is 0 Å². The molecule has 2 aromatic carbocycles. The lowest BCUT2D eigenvalue weighted by molar-refractivity contribution is -0.164. The number of amides is 1. The Bertz CT molecular complexity index is 1010. The average molecular weight is 445 g/mol. The summed E-state index contributed by atoms with van der Waals surface area (Å²) >= 11 is 0. The van der Waals surface area contributed by atoms with Gasteiger partial charge in [0, 0.05) is 32.7 Å². The van der Waals surface area contributed by atoms with Crippen LogP contribution in [-0.4, -0.2) is 56.7 Å². The van der Waals surface area contributed by atoms with Crippen LogP contribution in [0.25, 0.3) is 0 Å². The van der Waals surface area contributed by atoms with E-state index in [9.17, 15) is 18.0 Å². The number of sulfonamides is 1. The molecular formula is C23H28N2O5S. The van der Waals surface area contributed by atoms with Crippen molar-refractivity contribution in [1.82, 2.24) is 9.21 Å². The number of hydrogen-bond acceptors (Lipinski definition) is 5. The number of piperidine rings is 1. The first kappa shape index (κ1) is 23.0. The minimum atomic E-state index is -3.60. The van der Waals surface area contributed by atoms with E-state index in [-0.39, 0.29) is 23.9 Å². The van der Waals surface area contributed by atoms with Gasteiger partial charge in [0.05, 0.1) is 10.8 Å². The number of benzene rings is 2. The van der Waals surface area contributed by atoms with E-state index >= 15 is 0 Å². The third-order valence-corrected chi connectivity index (χ3v) is 7.36. The van der Waals surface area contributed by atoms with E-state index in [2.05, 4.69) is 0 Å². The molecule has 1 aliphatic heterocycles. The van der Waals surface area contributed by atoms with Gasteiger partial charge in [-0.05, 0) is 31.9 Å². The van der Waals surface area contributed by atoms with Gasteiger partial charge in [-0.15, -0.1) is 0 Å². The summed E-state index contributed by atoms with van der Waals surface area (Å²) in [5, 5.41) is 0. The van der Waals surface area contributed by atoms with E-state index in [0.717, 1.165) is 5.56 Å². The summed E-state index contributed by atoms with van der Waals surface area (Å²) in [7, 11) is -0.375. The van der Waals surface area contributed by atoms with Gasteiger partial charge in [-0.1, -0.05) is 48.0 Å². The largest absolute Gasteiger partial charge is 0.447 e. The van der Waals surface area contributed by atoms with Gasteiger partial charge in [0.1, 0.15) is 0 Å². The average Bonchev–Trinajstić information content (AvgIpc) is 2.77. The van der Waals surface area contributed by atoms with Crippen molar-refractivity contribution >= 4 is 21.9 Å². The molecule has 1 amide bonds. The molecule has 0 N–H and O–H groups in total. The van der Waals surface area contributed by atoms with Crippen LogP contribution in [0.1, 0.15) is 30.1 Å². The Morgan fingerprint density at radius 3 is 2.13 bits per heavy atom. The second-order valence-corrected chi connectivity index (χ2v) is 9.89. The molecule has 1 saturated heterocycles. The number of hydrogen-bond donors (Lipinski definition) is 0. The summed E-state index contributed by atoms with van der Waals surface area (Å²) in [4.78, 5) is 27.0. The Morgan fingerprint density at radius 1 is 1.00 bits per heavy atom. The Hall–Kier alpha value is -2.71. The normalized spacial score (nSPS) is 16.5. The Balaban J connectivity index is 1.66. The molecule has 1 fully saturated rings. The van der Waals surface area contributed by atoms with E-state index < -0.39 is 28.0 Å². The fraction of sp³-hybridized carbons (Fsp3) is 0.391. The predicted octanol–water partition coefficient (Wildman–Crippen LogP) is 2.77. The molecule has 7 nitrogen and oxygen atoms in total. The van der Waals surface area contributed by atoms with Crippen molar-refractivity contribution < 1.29 is 22.7 Å². The zero-order valence-electron chi connectivity index (χ0n) is 18.0. The van der Waals surface area contributed by atoms with Crippen LogP contribution in [0, 0.1) is 12.8 Å². The third kappa shape index (κ3) is 5.32. The molecule has 0 spiro atoms. The molecule has 0 aliphatic carbocycles. The summed E-state index contributed by atoms with van der Waals surface area (Å²) in [5.74, 6) is -1.25. The predicted molar refractivity (Wildman–Crippen MR) is 117 cm³/mol. The molecule has 1 atom stereocenters. The monoisotopic (exact) mass is 444 g/mol. The van der Waals surface area contributed by atoms with Crippen LogP contribution < -0.4 is 0 Å². The zero-order chi connectivity index (χ0) is 22.6. The van der Waals surface area contributed by atoms with E-state index in [1.54, 1.807) is 62.6 Å². The number of ether oxygens (including phenoxy) is 1. The summed E-state index contributed by atoms with van der Waals surface area (Å²) in [5.41, 5.74) is 1.59. The minimum absolute atomic E-state index is 0.230. The number of carbonyl (C=O) groups is 2. The van der Waals surface area contributed by atoms with Gasteiger partial charge < -0.3 is 9.64 Å². The zero-order valence-corrected chi connectivity index (χ0v) is 18.8. The number of esters is 1. The molecule has 0 saturated carbocycles. The molecule has 1 heterocycles. The number of rotatable bonds is 6. The lowest BCUT2D eigenvalue weighted by atomic mass is 9.98. The summed E-state index contributed by atoms with van der Waals surface area (Å²) in [6, 6.07) is 15.6. The molecule has 1 unspecified atom stereocenters. The first-order chi connectivity index (χ1) is 14.7. The molecule has 1 aliphatic rings. The number of nitrogens with zero attached hydrogens (tertiary/aromatic N) is 2. The van der Waals surface area contributed by atoms with Crippen molar-refractivity contribution in [2.75, 3.05) is 27.2 Å². The maximum absolute atomic E-state index is 12.9. The molecule has 31 heavy (non-hydrogen) atoms. The maximum Gasteiger partial charge on any atom is 0.310 e. The van der Waals surface area contributed by atoms with E-state index in [1.807, 2.05) is 13.0 Å². The van der Waals surface area contributed by atoms with E-state index in [1.165, 1.54) is 9.21 Å². The van der Waals surface area contributed by atoms with Gasteiger partial charge >= 0.3 is 5.97 Å². The first-order valence-electron chi connectivity index (χ1n) is 10.2. The van der Waals surface area contributed by atoms with Crippen LogP contribution in [0.5, 0.6) is 0 Å². The SMILES string of the molecule is Cc1ccc(S(=O)(=O)N2CCC(C(=O)OC(C(=O)N(C)C)c3ccccc3)CC2)cc1. The molecule has 0 aromatic heterocycles. The topological polar surface area (TPSA) is 84.0 Å². The van der Waals surface area contributed by atoms with Crippen LogP contribution in [-0.2, 0) is 24.3 Å². The van der Waals surface area contributed by atoms with Crippen LogP contribution in [0.3, 0.4) is 0 Å². The number of aryl methyl sites for hydroxylation is 1. The Kier molecular flexibility index (Phi) is 7.12. The molecule has 0 radical (unpaired) electrons. The Morgan fingerprint density at radius 2 is 1.58 bits per heavy atom. The second kappa shape index (κ2) is 9.62. The van der Waals surface area contributed by atoms with E-state index in [4.69, 9.17) is 4.74 Å². The third-order valence-electron chi connectivity index (χ3n) is 5.45. The fourth-order valence-electron chi connectivity index (χ4n) is 3.53. The van der Waals surface area contributed by atoms with Crippen LogP contribution in [0.2, 0.25) is 0 Å². The van der Waals surface area contributed by atoms with Crippen molar-refractivity contribution in [1.29, 1.82) is 0 Å².